The van der Waals surface area contributed by atoms with Gasteiger partial charge in [-0.2, -0.15) is 0 Å². The van der Waals surface area contributed by atoms with Gasteiger partial charge in [0.05, 0.1) is 0 Å². The normalized spacial score (nSPS) is 18.2. The molecule has 0 fully saturated rings. The molecule has 4 N–H and O–H groups in total. The predicted molar refractivity (Wildman–Crippen MR) is 49.9 cm³/mol. The van der Waals surface area contributed by atoms with E-state index in [9.17, 15) is 9.00 Å². The fourth-order valence-electron chi connectivity index (χ4n) is 0.608. The third-order valence-electron chi connectivity index (χ3n) is 1.57. The Morgan fingerprint density at radius 3 is 2.33 bits per heavy atom. The van der Waals surface area contributed by atoms with Gasteiger partial charge in [-0.15, -0.1) is 0 Å². The lowest BCUT2D eigenvalue weighted by Gasteiger charge is -2.08. The molecule has 0 saturated carbocycles. The van der Waals surface area contributed by atoms with Gasteiger partial charge in [-0.25, -0.2) is 0 Å². The molecule has 4 nitrogen and oxygen atoms in total. The molecular weight excluding hydrogens is 176 g/mol. The minimum Gasteiger partial charge on any atom is -0.369 e. The van der Waals surface area contributed by atoms with Crippen molar-refractivity contribution < 1.29 is 9.00 Å². The fraction of sp³-hybridized carbons (Fsp3) is 0.857. The van der Waals surface area contributed by atoms with Crippen LogP contribution in [0.5, 0.6) is 0 Å². The molecule has 12 heavy (non-hydrogen) atoms. The molecule has 72 valence electrons. The number of rotatable bonds is 5. The highest BCUT2D eigenvalue weighted by molar-refractivity contribution is 7.86. The van der Waals surface area contributed by atoms with Crippen molar-refractivity contribution in [2.75, 3.05) is 5.75 Å². The van der Waals surface area contributed by atoms with E-state index in [-0.39, 0.29) is 6.04 Å². The monoisotopic (exact) mass is 192 g/mol. The van der Waals surface area contributed by atoms with E-state index in [4.69, 9.17) is 11.5 Å². The topological polar surface area (TPSA) is 86.2 Å². The van der Waals surface area contributed by atoms with Crippen molar-refractivity contribution in [2.24, 2.45) is 11.5 Å². The van der Waals surface area contributed by atoms with Crippen LogP contribution >= 0.6 is 0 Å². The van der Waals surface area contributed by atoms with Crippen molar-refractivity contribution in [2.45, 2.75) is 31.6 Å². The quantitative estimate of drug-likeness (QED) is 0.606. The minimum absolute atomic E-state index is 0.0222. The molecule has 0 aromatic rings. The summed E-state index contributed by atoms with van der Waals surface area (Å²) >= 11 is 0. The maximum Gasteiger partial charge on any atom is 0.232 e. The Hall–Kier alpha value is -0.420. The highest BCUT2D eigenvalue weighted by Crippen LogP contribution is 1.98. The molecule has 5 heteroatoms. The summed E-state index contributed by atoms with van der Waals surface area (Å²) in [5.74, 6) is -0.0695. The standard InChI is InChI=1S/C7H16N2O2S/c1-5(8)3-4-12(11)6(2)7(9)10/h5-6H,3-4,8H2,1-2H3,(H2,9,10). The van der Waals surface area contributed by atoms with E-state index < -0.39 is 22.0 Å². The zero-order chi connectivity index (χ0) is 9.72. The summed E-state index contributed by atoms with van der Waals surface area (Å²) in [6, 6.07) is 0.0222. The molecule has 0 aromatic heterocycles. The van der Waals surface area contributed by atoms with Crippen LogP contribution in [-0.4, -0.2) is 27.2 Å². The summed E-state index contributed by atoms with van der Waals surface area (Å²) in [6.07, 6.45) is 0.657. The van der Waals surface area contributed by atoms with Crippen molar-refractivity contribution in [3.05, 3.63) is 0 Å². The van der Waals surface area contributed by atoms with E-state index >= 15 is 0 Å². The molecule has 0 radical (unpaired) electrons. The summed E-state index contributed by atoms with van der Waals surface area (Å²) in [4.78, 5) is 10.6. The van der Waals surface area contributed by atoms with Gasteiger partial charge in [0, 0.05) is 22.6 Å². The van der Waals surface area contributed by atoms with E-state index in [1.54, 1.807) is 6.92 Å². The van der Waals surface area contributed by atoms with Crippen molar-refractivity contribution >= 4 is 16.7 Å². The van der Waals surface area contributed by atoms with Crippen molar-refractivity contribution in [3.8, 4) is 0 Å². The summed E-state index contributed by atoms with van der Waals surface area (Å²) in [6.45, 7) is 3.41. The molecule has 0 heterocycles. The number of nitrogens with two attached hydrogens (primary N) is 2. The van der Waals surface area contributed by atoms with Gasteiger partial charge in [0.15, 0.2) is 0 Å². The zero-order valence-corrected chi connectivity index (χ0v) is 8.26. The largest absolute Gasteiger partial charge is 0.369 e. The van der Waals surface area contributed by atoms with Crippen LogP contribution < -0.4 is 11.5 Å². The highest BCUT2D eigenvalue weighted by atomic mass is 32.2. The zero-order valence-electron chi connectivity index (χ0n) is 7.45. The number of amides is 1. The maximum atomic E-state index is 11.2. The average molecular weight is 192 g/mol. The van der Waals surface area contributed by atoms with Gasteiger partial charge >= 0.3 is 0 Å². The number of carbonyl (C=O) groups is 1. The summed E-state index contributed by atoms with van der Waals surface area (Å²) in [5.41, 5.74) is 10.4. The minimum atomic E-state index is -1.17. The van der Waals surface area contributed by atoms with E-state index in [0.29, 0.717) is 12.2 Å². The van der Waals surface area contributed by atoms with Gasteiger partial charge in [-0.05, 0) is 20.3 Å². The SMILES string of the molecule is CC(N)CCS(=O)C(C)C(N)=O. The maximum absolute atomic E-state index is 11.2. The van der Waals surface area contributed by atoms with E-state index in [2.05, 4.69) is 0 Å². The molecule has 3 unspecified atom stereocenters. The van der Waals surface area contributed by atoms with Crippen LogP contribution in [0.1, 0.15) is 20.3 Å². The lowest BCUT2D eigenvalue weighted by molar-refractivity contribution is -0.117. The van der Waals surface area contributed by atoms with E-state index in [1.807, 2.05) is 6.92 Å². The fourth-order valence-corrected chi connectivity index (χ4v) is 1.83. The van der Waals surface area contributed by atoms with E-state index in [1.165, 1.54) is 0 Å². The second-order valence-electron chi connectivity index (χ2n) is 2.90. The van der Waals surface area contributed by atoms with Crippen LogP contribution in [0, 0.1) is 0 Å². The van der Waals surface area contributed by atoms with Crippen LogP contribution in [-0.2, 0) is 15.6 Å². The second-order valence-corrected chi connectivity index (χ2v) is 4.77. The molecule has 0 aliphatic rings. The Balaban J connectivity index is 3.80. The summed E-state index contributed by atoms with van der Waals surface area (Å²) in [5, 5.41) is -0.566. The van der Waals surface area contributed by atoms with Gasteiger partial charge in [-0.3, -0.25) is 9.00 Å². The van der Waals surface area contributed by atoms with Gasteiger partial charge in [0.1, 0.15) is 5.25 Å². The first kappa shape index (κ1) is 11.6. The Kier molecular flexibility index (Phi) is 5.08. The molecular formula is C7H16N2O2S. The van der Waals surface area contributed by atoms with Crippen molar-refractivity contribution in [1.29, 1.82) is 0 Å². The molecule has 0 aromatic carbocycles. The van der Waals surface area contributed by atoms with Gasteiger partial charge < -0.3 is 11.5 Å². The van der Waals surface area contributed by atoms with Crippen LogP contribution in [0.25, 0.3) is 0 Å². The lowest BCUT2D eigenvalue weighted by atomic mass is 10.3. The average Bonchev–Trinajstić information content (AvgIpc) is 1.98. The number of hydrogen-bond donors (Lipinski definition) is 2. The van der Waals surface area contributed by atoms with Crippen molar-refractivity contribution in [3.63, 3.8) is 0 Å². The Labute approximate surface area is 75.1 Å². The molecule has 1 amide bonds. The first-order chi connectivity index (χ1) is 5.45. The van der Waals surface area contributed by atoms with Gasteiger partial charge in [0.25, 0.3) is 0 Å². The predicted octanol–water partition coefficient (Wildman–Crippen LogP) is -0.654. The van der Waals surface area contributed by atoms with E-state index in [0.717, 1.165) is 0 Å². The molecule has 0 aliphatic heterocycles. The Morgan fingerprint density at radius 1 is 1.50 bits per heavy atom. The van der Waals surface area contributed by atoms with Crippen LogP contribution in [0.2, 0.25) is 0 Å². The van der Waals surface area contributed by atoms with Crippen LogP contribution in [0.3, 0.4) is 0 Å². The van der Waals surface area contributed by atoms with Crippen molar-refractivity contribution in [1.82, 2.24) is 0 Å². The molecule has 0 aliphatic carbocycles. The number of carbonyl (C=O) groups excluding carboxylic acids is 1. The molecule has 0 rings (SSSR count). The van der Waals surface area contributed by atoms with Crippen LogP contribution in [0.4, 0.5) is 0 Å². The third-order valence-corrected chi connectivity index (χ3v) is 3.23. The molecule has 0 saturated heterocycles. The Morgan fingerprint density at radius 2 is 2.00 bits per heavy atom. The highest BCUT2D eigenvalue weighted by Gasteiger charge is 2.16. The summed E-state index contributed by atoms with van der Waals surface area (Å²) < 4.78 is 11.2. The smallest absolute Gasteiger partial charge is 0.232 e. The molecule has 0 bridgehead atoms. The van der Waals surface area contributed by atoms with Gasteiger partial charge in [0.2, 0.25) is 5.91 Å². The third kappa shape index (κ3) is 4.46. The lowest BCUT2D eigenvalue weighted by Crippen LogP contribution is -2.32. The van der Waals surface area contributed by atoms with Crippen LogP contribution in [0.15, 0.2) is 0 Å². The molecule has 3 atom stereocenters. The first-order valence-corrected chi connectivity index (χ1v) is 5.25. The number of hydrogen-bond acceptors (Lipinski definition) is 3. The molecule has 0 spiro atoms. The Bertz CT molecular complexity index is 182. The number of primary amides is 1. The summed E-state index contributed by atoms with van der Waals surface area (Å²) in [7, 11) is -1.17. The first-order valence-electron chi connectivity index (χ1n) is 3.87. The van der Waals surface area contributed by atoms with Gasteiger partial charge in [-0.1, -0.05) is 0 Å². The second kappa shape index (κ2) is 5.27.